The van der Waals surface area contributed by atoms with Crippen LogP contribution in [0.1, 0.15) is 21.6 Å². The summed E-state index contributed by atoms with van der Waals surface area (Å²) >= 11 is 1.62. The van der Waals surface area contributed by atoms with Gasteiger partial charge in [0.05, 0.1) is 32.9 Å². The minimum absolute atomic E-state index is 0.00383. The van der Waals surface area contributed by atoms with E-state index in [0.29, 0.717) is 17.8 Å². The van der Waals surface area contributed by atoms with Crippen LogP contribution >= 0.6 is 11.3 Å². The highest BCUT2D eigenvalue weighted by molar-refractivity contribution is 7.13. The van der Waals surface area contributed by atoms with E-state index in [9.17, 15) is 4.79 Å². The van der Waals surface area contributed by atoms with E-state index in [-0.39, 0.29) is 5.91 Å². The zero-order valence-corrected chi connectivity index (χ0v) is 18.3. The second kappa shape index (κ2) is 7.43. The lowest BCUT2D eigenvalue weighted by atomic mass is 10.1. The molecule has 4 heterocycles. The summed E-state index contributed by atoms with van der Waals surface area (Å²) in [6, 6.07) is 24.1. The van der Waals surface area contributed by atoms with Gasteiger partial charge in [0.25, 0.3) is 5.91 Å². The Hall–Kier alpha value is -3.77. The first-order valence-corrected chi connectivity index (χ1v) is 11.5. The number of anilines is 1. The molecule has 5 nitrogen and oxygen atoms in total. The number of fused-ring (bicyclic) bond motifs is 2. The number of carbonyl (C=O) groups excluding carboxylic acids is 1. The Morgan fingerprint density at radius 2 is 1.81 bits per heavy atom. The van der Waals surface area contributed by atoms with Crippen LogP contribution in [0.2, 0.25) is 0 Å². The van der Waals surface area contributed by atoms with Gasteiger partial charge in [0.1, 0.15) is 0 Å². The van der Waals surface area contributed by atoms with E-state index in [1.54, 1.807) is 11.3 Å². The van der Waals surface area contributed by atoms with Crippen LogP contribution in [0.25, 0.3) is 27.3 Å². The highest BCUT2D eigenvalue weighted by Gasteiger charge is 2.29. The number of amides is 1. The molecule has 6 heteroatoms. The zero-order valence-electron chi connectivity index (χ0n) is 17.5. The standard InChI is InChI=1S/C26H20N4OS/c1-17-24-20(26(31)29-14-13-18-8-5-6-11-22(18)29)16-21(23-12-7-15-32-23)27-25(24)30(28-17)19-9-3-2-4-10-19/h2-12,15-16H,13-14H2,1H3. The third-order valence-electron chi connectivity index (χ3n) is 5.95. The number of nitrogens with zero attached hydrogens (tertiary/aromatic N) is 4. The maximum Gasteiger partial charge on any atom is 0.259 e. The Bertz CT molecular complexity index is 1450. The van der Waals surface area contributed by atoms with Gasteiger partial charge in [-0.15, -0.1) is 11.3 Å². The van der Waals surface area contributed by atoms with Gasteiger partial charge in [-0.2, -0.15) is 5.10 Å². The van der Waals surface area contributed by atoms with Gasteiger partial charge < -0.3 is 4.90 Å². The molecule has 0 saturated heterocycles. The lowest BCUT2D eigenvalue weighted by Gasteiger charge is -2.18. The van der Waals surface area contributed by atoms with E-state index in [2.05, 4.69) is 6.07 Å². The molecule has 0 unspecified atom stereocenters. The normalized spacial score (nSPS) is 13.0. The van der Waals surface area contributed by atoms with Gasteiger partial charge in [-0.3, -0.25) is 4.79 Å². The van der Waals surface area contributed by atoms with Crippen molar-refractivity contribution in [1.82, 2.24) is 14.8 Å². The number of thiophene rings is 1. The summed E-state index contributed by atoms with van der Waals surface area (Å²) in [4.78, 5) is 21.8. The van der Waals surface area contributed by atoms with Crippen molar-refractivity contribution in [3.8, 4) is 16.3 Å². The second-order valence-electron chi connectivity index (χ2n) is 7.90. The Kier molecular flexibility index (Phi) is 4.40. The fourth-order valence-electron chi connectivity index (χ4n) is 4.45. The third-order valence-corrected chi connectivity index (χ3v) is 6.84. The van der Waals surface area contributed by atoms with E-state index in [4.69, 9.17) is 10.1 Å². The van der Waals surface area contributed by atoms with Crippen molar-refractivity contribution in [3.63, 3.8) is 0 Å². The predicted octanol–water partition coefficient (Wildman–Crippen LogP) is 5.66. The van der Waals surface area contributed by atoms with Crippen LogP contribution in [-0.4, -0.2) is 27.2 Å². The number of hydrogen-bond donors (Lipinski definition) is 0. The minimum Gasteiger partial charge on any atom is -0.308 e. The molecule has 0 radical (unpaired) electrons. The number of carbonyl (C=O) groups is 1. The van der Waals surface area contributed by atoms with Crippen molar-refractivity contribution in [1.29, 1.82) is 0 Å². The van der Waals surface area contributed by atoms with E-state index in [0.717, 1.165) is 39.4 Å². The molecular weight excluding hydrogens is 416 g/mol. The van der Waals surface area contributed by atoms with Crippen LogP contribution in [0, 0.1) is 6.92 Å². The van der Waals surface area contributed by atoms with Gasteiger partial charge in [0, 0.05) is 12.2 Å². The monoisotopic (exact) mass is 436 g/mol. The van der Waals surface area contributed by atoms with Gasteiger partial charge in [-0.25, -0.2) is 9.67 Å². The Morgan fingerprint density at radius 3 is 2.62 bits per heavy atom. The third kappa shape index (κ3) is 2.95. The van der Waals surface area contributed by atoms with Crippen LogP contribution in [0.4, 0.5) is 5.69 Å². The number of pyridine rings is 1. The lowest BCUT2D eigenvalue weighted by molar-refractivity contribution is 0.0991. The Morgan fingerprint density at radius 1 is 1.00 bits per heavy atom. The van der Waals surface area contributed by atoms with Gasteiger partial charge in [-0.1, -0.05) is 42.5 Å². The largest absolute Gasteiger partial charge is 0.308 e. The molecule has 3 aromatic heterocycles. The van der Waals surface area contributed by atoms with Crippen LogP contribution in [0.5, 0.6) is 0 Å². The van der Waals surface area contributed by atoms with Gasteiger partial charge >= 0.3 is 0 Å². The molecule has 1 aliphatic heterocycles. The summed E-state index contributed by atoms with van der Waals surface area (Å²) < 4.78 is 1.84. The summed E-state index contributed by atoms with van der Waals surface area (Å²) in [6.45, 7) is 2.63. The zero-order chi connectivity index (χ0) is 21.7. The van der Waals surface area contributed by atoms with Crippen LogP contribution in [0.15, 0.2) is 78.2 Å². The smallest absolute Gasteiger partial charge is 0.259 e. The minimum atomic E-state index is -0.00383. The molecule has 156 valence electrons. The van der Waals surface area contributed by atoms with Crippen molar-refractivity contribution in [2.45, 2.75) is 13.3 Å². The molecule has 6 rings (SSSR count). The predicted molar refractivity (Wildman–Crippen MR) is 129 cm³/mol. The molecular formula is C26H20N4OS. The summed E-state index contributed by atoms with van der Waals surface area (Å²) in [5, 5.41) is 7.62. The maximum atomic E-state index is 13.9. The SMILES string of the molecule is Cc1nn(-c2ccccc2)c2nc(-c3cccs3)cc(C(=O)N3CCc4ccccc43)c12. The van der Waals surface area contributed by atoms with Crippen molar-refractivity contribution in [2.24, 2.45) is 0 Å². The van der Waals surface area contributed by atoms with Crippen LogP contribution < -0.4 is 4.90 Å². The molecule has 5 aromatic rings. The van der Waals surface area contributed by atoms with Crippen LogP contribution in [0.3, 0.4) is 0 Å². The van der Waals surface area contributed by atoms with Gasteiger partial charge in [0.2, 0.25) is 0 Å². The molecule has 2 aromatic carbocycles. The number of benzene rings is 2. The van der Waals surface area contributed by atoms with Gasteiger partial charge in [-0.05, 0) is 54.6 Å². The first-order chi connectivity index (χ1) is 15.7. The highest BCUT2D eigenvalue weighted by Crippen LogP contribution is 2.34. The molecule has 32 heavy (non-hydrogen) atoms. The quantitative estimate of drug-likeness (QED) is 0.367. The first-order valence-electron chi connectivity index (χ1n) is 10.6. The fraction of sp³-hybridized carbons (Fsp3) is 0.115. The molecule has 0 aliphatic carbocycles. The molecule has 0 N–H and O–H groups in total. The summed E-state index contributed by atoms with van der Waals surface area (Å²) in [7, 11) is 0. The summed E-state index contributed by atoms with van der Waals surface area (Å²) in [5.74, 6) is -0.00383. The first kappa shape index (κ1) is 19.0. The van der Waals surface area contributed by atoms with Crippen LogP contribution in [-0.2, 0) is 6.42 Å². The highest BCUT2D eigenvalue weighted by atomic mass is 32.1. The molecule has 1 amide bonds. The van der Waals surface area contributed by atoms with E-state index >= 15 is 0 Å². The van der Waals surface area contributed by atoms with E-state index in [1.165, 1.54) is 5.56 Å². The molecule has 0 spiro atoms. The molecule has 1 aliphatic rings. The van der Waals surface area contributed by atoms with E-state index < -0.39 is 0 Å². The molecule has 0 fully saturated rings. The van der Waals surface area contributed by atoms with Crippen molar-refractivity contribution in [3.05, 3.63) is 95.0 Å². The number of para-hydroxylation sites is 2. The molecule has 0 atom stereocenters. The topological polar surface area (TPSA) is 51.0 Å². The number of aromatic nitrogens is 3. The number of aryl methyl sites for hydroxylation is 1. The Labute approximate surface area is 189 Å². The second-order valence-corrected chi connectivity index (χ2v) is 8.85. The van der Waals surface area contributed by atoms with Crippen molar-refractivity contribution in [2.75, 3.05) is 11.4 Å². The van der Waals surface area contributed by atoms with Crippen molar-refractivity contribution < 1.29 is 4.79 Å². The average Bonchev–Trinajstić information content (AvgIpc) is 3.58. The number of rotatable bonds is 3. The van der Waals surface area contributed by atoms with Crippen molar-refractivity contribution >= 4 is 34.0 Å². The number of hydrogen-bond acceptors (Lipinski definition) is 4. The molecule has 0 bridgehead atoms. The maximum absolute atomic E-state index is 13.9. The summed E-state index contributed by atoms with van der Waals surface area (Å²) in [5.41, 5.74) is 6.07. The molecule has 0 saturated carbocycles. The summed E-state index contributed by atoms with van der Waals surface area (Å²) in [6.07, 6.45) is 0.871. The van der Waals surface area contributed by atoms with E-state index in [1.807, 2.05) is 88.6 Å². The average molecular weight is 437 g/mol. The Balaban J connectivity index is 1.59. The fourth-order valence-corrected chi connectivity index (χ4v) is 5.14. The van der Waals surface area contributed by atoms with Gasteiger partial charge in [0.15, 0.2) is 5.65 Å². The lowest BCUT2D eigenvalue weighted by Crippen LogP contribution is -2.29.